The lowest BCUT2D eigenvalue weighted by atomic mass is 9.96. The Hall–Kier alpha value is -2.83. The summed E-state index contributed by atoms with van der Waals surface area (Å²) < 4.78 is 10.6. The van der Waals surface area contributed by atoms with Gasteiger partial charge in [0.15, 0.2) is 11.5 Å². The summed E-state index contributed by atoms with van der Waals surface area (Å²) in [4.78, 5) is 25.4. The first-order valence-electron chi connectivity index (χ1n) is 9.59. The molecule has 0 aliphatic carbocycles. The Kier molecular flexibility index (Phi) is 6.68. The van der Waals surface area contributed by atoms with Gasteiger partial charge >= 0.3 is 0 Å². The number of hydrogen-bond acceptors (Lipinski definition) is 6. The number of methoxy groups -OCH3 is 2. The van der Waals surface area contributed by atoms with Gasteiger partial charge in [-0.15, -0.1) is 0 Å². The Morgan fingerprint density at radius 2 is 2.07 bits per heavy atom. The highest BCUT2D eigenvalue weighted by molar-refractivity contribution is 5.79. The second-order valence-corrected chi connectivity index (χ2v) is 7.05. The largest absolute Gasteiger partial charge is 0.493 e. The number of anilines is 1. The lowest BCUT2D eigenvalue weighted by Crippen LogP contribution is -2.44. The SMILES string of the molecule is COc1ccc(CCN(C)C(=O)[C@@H]2CCCN(c3cnccn3)C2)cc1OC. The van der Waals surface area contributed by atoms with E-state index in [1.807, 2.05) is 30.1 Å². The average Bonchev–Trinajstić information content (AvgIpc) is 2.77. The molecule has 1 aromatic heterocycles. The first-order valence-corrected chi connectivity index (χ1v) is 9.59. The number of amides is 1. The van der Waals surface area contributed by atoms with Crippen molar-refractivity contribution in [3.05, 3.63) is 42.4 Å². The van der Waals surface area contributed by atoms with Gasteiger partial charge in [0.2, 0.25) is 5.91 Å². The molecule has 150 valence electrons. The Bertz CT molecular complexity index is 784. The molecule has 3 rings (SSSR count). The summed E-state index contributed by atoms with van der Waals surface area (Å²) in [5, 5.41) is 0. The van der Waals surface area contributed by atoms with Gasteiger partial charge in [-0.25, -0.2) is 4.98 Å². The quantitative estimate of drug-likeness (QED) is 0.730. The zero-order valence-corrected chi connectivity index (χ0v) is 16.8. The van der Waals surface area contributed by atoms with Crippen molar-refractivity contribution in [2.24, 2.45) is 5.92 Å². The van der Waals surface area contributed by atoms with Crippen LogP contribution in [0.25, 0.3) is 0 Å². The molecular formula is C21H28N4O3. The molecule has 0 unspecified atom stereocenters. The maximum absolute atomic E-state index is 12.9. The molecule has 7 heteroatoms. The molecule has 7 nitrogen and oxygen atoms in total. The van der Waals surface area contributed by atoms with Gasteiger partial charge in [-0.1, -0.05) is 6.07 Å². The molecule has 0 bridgehead atoms. The lowest BCUT2D eigenvalue weighted by Gasteiger charge is -2.34. The van der Waals surface area contributed by atoms with Crippen molar-refractivity contribution in [1.82, 2.24) is 14.9 Å². The van der Waals surface area contributed by atoms with E-state index in [1.54, 1.807) is 32.8 Å². The van der Waals surface area contributed by atoms with Crippen molar-refractivity contribution in [3.63, 3.8) is 0 Å². The number of rotatable bonds is 7. The summed E-state index contributed by atoms with van der Waals surface area (Å²) in [6.07, 6.45) is 7.78. The van der Waals surface area contributed by atoms with Crippen LogP contribution in [0.3, 0.4) is 0 Å². The van der Waals surface area contributed by atoms with E-state index in [1.165, 1.54) is 0 Å². The molecule has 1 fully saturated rings. The maximum Gasteiger partial charge on any atom is 0.227 e. The van der Waals surface area contributed by atoms with Gasteiger partial charge in [0.05, 0.1) is 26.3 Å². The molecule has 1 amide bonds. The first-order chi connectivity index (χ1) is 13.6. The molecule has 1 aliphatic heterocycles. The van der Waals surface area contributed by atoms with E-state index in [9.17, 15) is 4.79 Å². The molecule has 0 radical (unpaired) electrons. The highest BCUT2D eigenvalue weighted by atomic mass is 16.5. The summed E-state index contributed by atoms with van der Waals surface area (Å²) in [6.45, 7) is 2.27. The van der Waals surface area contributed by atoms with Crippen LogP contribution in [-0.4, -0.2) is 61.7 Å². The highest BCUT2D eigenvalue weighted by Crippen LogP contribution is 2.28. The predicted octanol–water partition coefficient (Wildman–Crippen LogP) is 2.41. The minimum absolute atomic E-state index is 0.00819. The van der Waals surface area contributed by atoms with Crippen molar-refractivity contribution in [2.45, 2.75) is 19.3 Å². The number of benzene rings is 1. The van der Waals surface area contributed by atoms with E-state index in [2.05, 4.69) is 14.9 Å². The Labute approximate surface area is 166 Å². The normalized spacial score (nSPS) is 16.5. The zero-order valence-electron chi connectivity index (χ0n) is 16.8. The Morgan fingerprint density at radius 1 is 1.25 bits per heavy atom. The summed E-state index contributed by atoms with van der Waals surface area (Å²) >= 11 is 0. The third-order valence-corrected chi connectivity index (χ3v) is 5.20. The van der Waals surface area contributed by atoms with Gasteiger partial charge < -0.3 is 19.3 Å². The van der Waals surface area contributed by atoms with Crippen molar-refractivity contribution < 1.29 is 14.3 Å². The highest BCUT2D eigenvalue weighted by Gasteiger charge is 2.28. The fraction of sp³-hybridized carbons (Fsp3) is 0.476. The van der Waals surface area contributed by atoms with E-state index in [-0.39, 0.29) is 11.8 Å². The van der Waals surface area contributed by atoms with Crippen LogP contribution in [0.5, 0.6) is 11.5 Å². The van der Waals surface area contributed by atoms with Crippen molar-refractivity contribution >= 4 is 11.7 Å². The first kappa shape index (κ1) is 19.9. The third kappa shape index (κ3) is 4.71. The van der Waals surface area contributed by atoms with E-state index >= 15 is 0 Å². The van der Waals surface area contributed by atoms with E-state index < -0.39 is 0 Å². The minimum Gasteiger partial charge on any atom is -0.493 e. The van der Waals surface area contributed by atoms with E-state index in [4.69, 9.17) is 9.47 Å². The number of carbonyl (C=O) groups excluding carboxylic acids is 1. The molecule has 2 heterocycles. The molecule has 0 N–H and O–H groups in total. The molecule has 0 spiro atoms. The second-order valence-electron chi connectivity index (χ2n) is 7.05. The molecule has 0 saturated carbocycles. The third-order valence-electron chi connectivity index (χ3n) is 5.20. The van der Waals surface area contributed by atoms with Crippen molar-refractivity contribution in [3.8, 4) is 11.5 Å². The van der Waals surface area contributed by atoms with Crippen LogP contribution in [0.4, 0.5) is 5.82 Å². The van der Waals surface area contributed by atoms with Crippen LogP contribution < -0.4 is 14.4 Å². The fourth-order valence-corrected chi connectivity index (χ4v) is 3.60. The van der Waals surface area contributed by atoms with Crippen LogP contribution in [0.15, 0.2) is 36.8 Å². The van der Waals surface area contributed by atoms with Gasteiger partial charge in [-0.2, -0.15) is 0 Å². The van der Waals surface area contributed by atoms with Gasteiger partial charge in [0.1, 0.15) is 5.82 Å². The molecule has 1 aromatic carbocycles. The topological polar surface area (TPSA) is 67.8 Å². The zero-order chi connectivity index (χ0) is 19.9. The number of aromatic nitrogens is 2. The van der Waals surface area contributed by atoms with E-state index in [0.717, 1.165) is 37.2 Å². The average molecular weight is 384 g/mol. The van der Waals surface area contributed by atoms with Gasteiger partial charge in [0.25, 0.3) is 0 Å². The number of ether oxygens (including phenoxy) is 2. The number of hydrogen-bond donors (Lipinski definition) is 0. The maximum atomic E-state index is 12.9. The van der Waals surface area contributed by atoms with Crippen LogP contribution in [0, 0.1) is 5.92 Å². The van der Waals surface area contributed by atoms with Crippen molar-refractivity contribution in [1.29, 1.82) is 0 Å². The summed E-state index contributed by atoms with van der Waals surface area (Å²) in [7, 11) is 5.13. The van der Waals surface area contributed by atoms with Crippen LogP contribution in [-0.2, 0) is 11.2 Å². The van der Waals surface area contributed by atoms with Gasteiger partial charge in [0, 0.05) is 39.1 Å². The van der Waals surface area contributed by atoms with Gasteiger partial charge in [-0.3, -0.25) is 9.78 Å². The summed E-state index contributed by atoms with van der Waals surface area (Å²) in [5.41, 5.74) is 1.11. The molecule has 1 atom stereocenters. The number of carbonyl (C=O) groups is 1. The second kappa shape index (κ2) is 9.39. The van der Waals surface area contributed by atoms with Crippen LogP contribution in [0.2, 0.25) is 0 Å². The monoisotopic (exact) mass is 384 g/mol. The molecule has 1 aliphatic rings. The smallest absolute Gasteiger partial charge is 0.227 e. The fourth-order valence-electron chi connectivity index (χ4n) is 3.60. The van der Waals surface area contributed by atoms with Crippen LogP contribution >= 0.6 is 0 Å². The number of nitrogens with zero attached hydrogens (tertiary/aromatic N) is 4. The number of piperidine rings is 1. The Balaban J connectivity index is 1.57. The summed E-state index contributed by atoms with van der Waals surface area (Å²) in [6, 6.07) is 5.87. The minimum atomic E-state index is -0.00819. The number of likely N-dealkylation sites (N-methyl/N-ethyl adjacent to an activating group) is 1. The Morgan fingerprint density at radius 3 is 2.79 bits per heavy atom. The van der Waals surface area contributed by atoms with Gasteiger partial charge in [-0.05, 0) is 37.0 Å². The lowest BCUT2D eigenvalue weighted by molar-refractivity contribution is -0.134. The van der Waals surface area contributed by atoms with E-state index in [0.29, 0.717) is 24.6 Å². The summed E-state index contributed by atoms with van der Waals surface area (Å²) in [5.74, 6) is 2.44. The molecular weight excluding hydrogens is 356 g/mol. The standard InChI is InChI=1S/C21H28N4O3/c1-24(12-8-16-6-7-18(27-2)19(13-16)28-3)21(26)17-5-4-11-25(15-17)20-14-22-9-10-23-20/h6-7,9-10,13-14,17H,4-5,8,11-12,15H2,1-3H3/t17-/m1/s1. The van der Waals surface area contributed by atoms with Crippen molar-refractivity contribution in [2.75, 3.05) is 45.8 Å². The predicted molar refractivity (Wildman–Crippen MR) is 108 cm³/mol. The molecule has 1 saturated heterocycles. The van der Waals surface area contributed by atoms with Crippen LogP contribution in [0.1, 0.15) is 18.4 Å². The molecule has 2 aromatic rings. The molecule has 28 heavy (non-hydrogen) atoms.